The summed E-state index contributed by atoms with van der Waals surface area (Å²) >= 11 is 0. The summed E-state index contributed by atoms with van der Waals surface area (Å²) in [5.41, 5.74) is 13.5. The van der Waals surface area contributed by atoms with E-state index < -0.39 is 0 Å². The summed E-state index contributed by atoms with van der Waals surface area (Å²) < 4.78 is 9.04. The molecule has 268 valence electrons. The average Bonchev–Trinajstić information content (AvgIpc) is 3.88. The van der Waals surface area contributed by atoms with Crippen molar-refractivity contribution in [2.75, 3.05) is 4.90 Å². The average molecular weight is 730 g/mol. The van der Waals surface area contributed by atoms with Gasteiger partial charge in [0.15, 0.2) is 5.58 Å². The number of oxazole rings is 1. The van der Waals surface area contributed by atoms with E-state index in [1.165, 1.54) is 38.2 Å². The number of nitrogens with zero attached hydrogens (tertiary/aromatic N) is 3. The van der Waals surface area contributed by atoms with Crippen molar-refractivity contribution in [3.05, 3.63) is 212 Å². The summed E-state index contributed by atoms with van der Waals surface area (Å²) in [5.74, 6) is 0.607. The molecule has 57 heavy (non-hydrogen) atoms. The molecule has 11 aromatic rings. The van der Waals surface area contributed by atoms with E-state index >= 15 is 0 Å². The predicted molar refractivity (Wildman–Crippen MR) is 237 cm³/mol. The Bertz CT molecular complexity index is 3220. The van der Waals surface area contributed by atoms with E-state index in [1.807, 2.05) is 36.4 Å². The highest BCUT2D eigenvalue weighted by atomic mass is 16.3. The molecule has 0 radical (unpaired) electrons. The van der Waals surface area contributed by atoms with E-state index in [1.54, 1.807) is 0 Å². The normalized spacial score (nSPS) is 11.5. The molecule has 0 N–H and O–H groups in total. The topological polar surface area (TPSA) is 34.2 Å². The van der Waals surface area contributed by atoms with Crippen molar-refractivity contribution >= 4 is 60.7 Å². The van der Waals surface area contributed by atoms with E-state index in [2.05, 4.69) is 185 Å². The van der Waals surface area contributed by atoms with Crippen LogP contribution in [-0.4, -0.2) is 9.55 Å². The van der Waals surface area contributed by atoms with Gasteiger partial charge in [-0.3, -0.25) is 0 Å². The molecular weight excluding hydrogens is 695 g/mol. The number of hydrogen-bond donors (Lipinski definition) is 0. The van der Waals surface area contributed by atoms with Crippen LogP contribution in [0.1, 0.15) is 0 Å². The van der Waals surface area contributed by atoms with Gasteiger partial charge < -0.3 is 13.9 Å². The van der Waals surface area contributed by atoms with Gasteiger partial charge in [-0.05, 0) is 77.2 Å². The molecule has 9 aromatic carbocycles. The van der Waals surface area contributed by atoms with Crippen LogP contribution in [0.4, 0.5) is 17.1 Å². The Morgan fingerprint density at radius 1 is 0.439 bits per heavy atom. The van der Waals surface area contributed by atoms with Crippen molar-refractivity contribution in [3.8, 4) is 39.4 Å². The number of rotatable bonds is 7. The van der Waals surface area contributed by atoms with Gasteiger partial charge in [-0.2, -0.15) is 0 Å². The van der Waals surface area contributed by atoms with Gasteiger partial charge in [-0.25, -0.2) is 4.98 Å². The van der Waals surface area contributed by atoms with Crippen LogP contribution >= 0.6 is 0 Å². The molecule has 0 atom stereocenters. The molecule has 2 heterocycles. The van der Waals surface area contributed by atoms with Crippen LogP contribution in [0, 0.1) is 0 Å². The SMILES string of the molecule is c1ccc(-c2ccc(N(c3ccc4c5ccc6ccccc6c5n(-c5ccccc5)c4c3)c3ccccc3-c3cccc4nc(-c5ccccc5)oc34)cc2)cc1. The number of benzene rings is 9. The summed E-state index contributed by atoms with van der Waals surface area (Å²) in [6.07, 6.45) is 0. The Balaban J connectivity index is 1.16. The number of aromatic nitrogens is 2. The third-order valence-electron chi connectivity index (χ3n) is 11.0. The van der Waals surface area contributed by atoms with Crippen LogP contribution in [0.5, 0.6) is 0 Å². The number of anilines is 3. The van der Waals surface area contributed by atoms with Crippen LogP contribution in [0.3, 0.4) is 0 Å². The fraction of sp³-hybridized carbons (Fsp3) is 0. The van der Waals surface area contributed by atoms with Gasteiger partial charge in [0.2, 0.25) is 5.89 Å². The molecule has 0 saturated carbocycles. The Labute approximate surface area is 330 Å². The van der Waals surface area contributed by atoms with Crippen LogP contribution < -0.4 is 4.90 Å². The zero-order chi connectivity index (χ0) is 37.7. The molecule has 0 bridgehead atoms. The first kappa shape index (κ1) is 32.7. The maximum absolute atomic E-state index is 6.61. The molecule has 0 aliphatic heterocycles. The second-order valence-corrected chi connectivity index (χ2v) is 14.4. The molecule has 4 nitrogen and oxygen atoms in total. The minimum Gasteiger partial charge on any atom is -0.435 e. The smallest absolute Gasteiger partial charge is 0.227 e. The molecule has 4 heteroatoms. The largest absolute Gasteiger partial charge is 0.435 e. The van der Waals surface area contributed by atoms with Crippen LogP contribution in [0.25, 0.3) is 83.1 Å². The molecular formula is C53H35N3O. The van der Waals surface area contributed by atoms with Gasteiger partial charge in [-0.1, -0.05) is 152 Å². The van der Waals surface area contributed by atoms with Crippen LogP contribution in [0.15, 0.2) is 217 Å². The minimum absolute atomic E-state index is 0.607. The molecule has 0 aliphatic rings. The number of hydrogen-bond acceptors (Lipinski definition) is 3. The van der Waals surface area contributed by atoms with Crippen molar-refractivity contribution in [1.82, 2.24) is 9.55 Å². The third-order valence-corrected chi connectivity index (χ3v) is 11.0. The summed E-state index contributed by atoms with van der Waals surface area (Å²) in [5, 5.41) is 4.88. The standard InChI is InChI=1S/C53H35N3O/c1-4-15-36(16-5-1)37-27-30-41(31-28-37)55(49-26-13-12-23-44(49)47-24-14-25-48-52(47)57-53(54-48)39-18-6-2-7-19-39)42-32-34-45-46-33-29-38-17-10-11-22-43(38)51(46)56(50(45)35-42)40-20-8-3-9-21-40/h1-35H. The fourth-order valence-corrected chi connectivity index (χ4v) is 8.37. The molecule has 11 rings (SSSR count). The predicted octanol–water partition coefficient (Wildman–Crippen LogP) is 14.5. The lowest BCUT2D eigenvalue weighted by Gasteiger charge is -2.28. The van der Waals surface area contributed by atoms with Gasteiger partial charge in [0.25, 0.3) is 0 Å². The Morgan fingerprint density at radius 3 is 1.88 bits per heavy atom. The number of fused-ring (bicyclic) bond motifs is 6. The van der Waals surface area contributed by atoms with E-state index in [0.717, 1.165) is 56.1 Å². The van der Waals surface area contributed by atoms with Crippen molar-refractivity contribution in [2.24, 2.45) is 0 Å². The van der Waals surface area contributed by atoms with E-state index in [0.29, 0.717) is 5.89 Å². The first-order valence-corrected chi connectivity index (χ1v) is 19.3. The first-order valence-electron chi connectivity index (χ1n) is 19.3. The summed E-state index contributed by atoms with van der Waals surface area (Å²) in [6, 6.07) is 75.2. The monoisotopic (exact) mass is 729 g/mol. The van der Waals surface area contributed by atoms with Crippen molar-refractivity contribution in [1.29, 1.82) is 0 Å². The fourth-order valence-electron chi connectivity index (χ4n) is 8.37. The van der Waals surface area contributed by atoms with Gasteiger partial charge in [0.05, 0.1) is 16.7 Å². The maximum atomic E-state index is 6.61. The summed E-state index contributed by atoms with van der Waals surface area (Å²) in [6.45, 7) is 0. The highest BCUT2D eigenvalue weighted by Crippen LogP contribution is 2.46. The van der Waals surface area contributed by atoms with Gasteiger partial charge in [0.1, 0.15) is 5.52 Å². The molecule has 0 aliphatic carbocycles. The highest BCUT2D eigenvalue weighted by molar-refractivity contribution is 6.19. The molecule has 2 aromatic heterocycles. The lowest BCUT2D eigenvalue weighted by Crippen LogP contribution is -2.11. The molecule has 0 amide bonds. The molecule has 0 spiro atoms. The summed E-state index contributed by atoms with van der Waals surface area (Å²) in [7, 11) is 0. The summed E-state index contributed by atoms with van der Waals surface area (Å²) in [4.78, 5) is 7.31. The lowest BCUT2D eigenvalue weighted by molar-refractivity contribution is 0.621. The Hall–Kier alpha value is -7.69. The first-order chi connectivity index (χ1) is 28.3. The third kappa shape index (κ3) is 5.58. The van der Waals surface area contributed by atoms with Crippen molar-refractivity contribution in [3.63, 3.8) is 0 Å². The van der Waals surface area contributed by atoms with E-state index in [-0.39, 0.29) is 0 Å². The van der Waals surface area contributed by atoms with Crippen molar-refractivity contribution < 1.29 is 4.42 Å². The quantitative estimate of drug-likeness (QED) is 0.164. The van der Waals surface area contributed by atoms with Crippen molar-refractivity contribution in [2.45, 2.75) is 0 Å². The molecule has 0 unspecified atom stereocenters. The Morgan fingerprint density at radius 2 is 1.07 bits per heavy atom. The zero-order valence-electron chi connectivity index (χ0n) is 31.0. The number of para-hydroxylation sites is 3. The highest BCUT2D eigenvalue weighted by Gasteiger charge is 2.23. The lowest BCUT2D eigenvalue weighted by atomic mass is 10.00. The van der Waals surface area contributed by atoms with E-state index in [4.69, 9.17) is 9.40 Å². The maximum Gasteiger partial charge on any atom is 0.227 e. The minimum atomic E-state index is 0.607. The Kier molecular flexibility index (Phi) is 7.78. The van der Waals surface area contributed by atoms with E-state index in [9.17, 15) is 0 Å². The second-order valence-electron chi connectivity index (χ2n) is 14.4. The van der Waals surface area contributed by atoms with Gasteiger partial charge in [-0.15, -0.1) is 0 Å². The van der Waals surface area contributed by atoms with Crippen LogP contribution in [0.2, 0.25) is 0 Å². The van der Waals surface area contributed by atoms with Crippen LogP contribution in [-0.2, 0) is 0 Å². The zero-order valence-corrected chi connectivity index (χ0v) is 31.0. The second kappa shape index (κ2) is 13.6. The molecule has 0 saturated heterocycles. The van der Waals surface area contributed by atoms with Gasteiger partial charge >= 0.3 is 0 Å². The van der Waals surface area contributed by atoms with Gasteiger partial charge in [0, 0.05) is 49.9 Å². The molecule has 0 fully saturated rings.